The molecule has 1 saturated heterocycles. The SMILES string of the molecule is C[C@@H]1CC[C@H]2C(=O)N(N(CC(=O)c3ccc(Oc4ccc([N+](=O)[O-])cc4)cc3)C(=O)c3ccccc3Cl)C(=O)[C@@H]2C1. The topological polar surface area (TPSA) is 127 Å². The number of ketones is 1. The van der Waals surface area contributed by atoms with Gasteiger partial charge in [0.1, 0.15) is 18.0 Å². The summed E-state index contributed by atoms with van der Waals surface area (Å²) in [6.45, 7) is 1.47. The summed E-state index contributed by atoms with van der Waals surface area (Å²) in [4.78, 5) is 64.3. The van der Waals surface area contributed by atoms with Crippen molar-refractivity contribution in [3.05, 3.63) is 99.1 Å². The Morgan fingerprint density at radius 2 is 1.56 bits per heavy atom. The van der Waals surface area contributed by atoms with Crippen molar-refractivity contribution in [1.29, 1.82) is 0 Å². The van der Waals surface area contributed by atoms with Crippen molar-refractivity contribution >= 4 is 40.8 Å². The molecule has 1 saturated carbocycles. The van der Waals surface area contributed by atoms with Crippen LogP contribution in [0.5, 0.6) is 11.5 Å². The highest BCUT2D eigenvalue weighted by atomic mass is 35.5. The lowest BCUT2D eigenvalue weighted by atomic mass is 9.76. The van der Waals surface area contributed by atoms with E-state index in [1.54, 1.807) is 12.1 Å². The minimum Gasteiger partial charge on any atom is -0.457 e. The highest BCUT2D eigenvalue weighted by Crippen LogP contribution is 2.41. The normalized spacial score (nSPS) is 20.0. The molecule has 1 aliphatic heterocycles. The summed E-state index contributed by atoms with van der Waals surface area (Å²) in [5.74, 6) is -2.22. The van der Waals surface area contributed by atoms with E-state index in [0.29, 0.717) is 24.3 Å². The number of carbonyl (C=O) groups is 4. The highest BCUT2D eigenvalue weighted by Gasteiger charge is 2.53. The summed E-state index contributed by atoms with van der Waals surface area (Å²) in [6, 6.07) is 17.9. The standard InChI is InChI=1S/C30H26ClN3O7/c1-18-6-15-23-25(16-18)30(38)33(29(23)37)32(28(36)24-4-2-3-5-26(24)31)17-27(35)19-7-11-21(12-8-19)41-22-13-9-20(10-14-22)34(39)40/h2-5,7-14,18,23,25H,6,15-17H2,1H3/t18-,23-,25-/m1/s1. The predicted octanol–water partition coefficient (Wildman–Crippen LogP) is 5.70. The molecular weight excluding hydrogens is 550 g/mol. The number of benzene rings is 3. The lowest BCUT2D eigenvalue weighted by Gasteiger charge is -2.30. The molecule has 3 atom stereocenters. The van der Waals surface area contributed by atoms with Crippen LogP contribution in [0, 0.1) is 27.9 Å². The van der Waals surface area contributed by atoms with Gasteiger partial charge in [-0.1, -0.05) is 30.7 Å². The summed E-state index contributed by atoms with van der Waals surface area (Å²) in [5, 5.41) is 12.7. The molecule has 0 spiro atoms. The number of amides is 3. The Morgan fingerprint density at radius 3 is 2.20 bits per heavy atom. The number of non-ortho nitro benzene ring substituents is 1. The molecule has 210 valence electrons. The maximum absolute atomic E-state index is 13.7. The number of nitro benzene ring substituents is 1. The first-order valence-electron chi connectivity index (χ1n) is 13.1. The van der Waals surface area contributed by atoms with Crippen LogP contribution < -0.4 is 4.74 Å². The number of nitrogens with zero attached hydrogens (tertiary/aromatic N) is 3. The number of ether oxygens (including phenoxy) is 1. The number of imide groups is 1. The van der Waals surface area contributed by atoms with Crippen LogP contribution in [0.1, 0.15) is 46.9 Å². The summed E-state index contributed by atoms with van der Waals surface area (Å²) in [7, 11) is 0. The van der Waals surface area contributed by atoms with Crippen LogP contribution in [-0.2, 0) is 9.59 Å². The molecule has 41 heavy (non-hydrogen) atoms. The van der Waals surface area contributed by atoms with Crippen molar-refractivity contribution in [2.24, 2.45) is 17.8 Å². The van der Waals surface area contributed by atoms with Crippen molar-refractivity contribution in [2.45, 2.75) is 26.2 Å². The molecule has 2 fully saturated rings. The zero-order chi connectivity index (χ0) is 29.3. The second-order valence-electron chi connectivity index (χ2n) is 10.3. The predicted molar refractivity (Wildman–Crippen MR) is 148 cm³/mol. The fourth-order valence-electron chi connectivity index (χ4n) is 5.33. The molecule has 11 heteroatoms. The van der Waals surface area contributed by atoms with Crippen LogP contribution in [0.15, 0.2) is 72.8 Å². The van der Waals surface area contributed by atoms with E-state index in [2.05, 4.69) is 0 Å². The number of hydrogen-bond donors (Lipinski definition) is 0. The molecule has 0 unspecified atom stereocenters. The molecule has 1 heterocycles. The van der Waals surface area contributed by atoms with E-state index in [0.717, 1.165) is 16.4 Å². The third kappa shape index (κ3) is 5.69. The Morgan fingerprint density at radius 1 is 0.951 bits per heavy atom. The van der Waals surface area contributed by atoms with E-state index in [1.807, 2.05) is 6.92 Å². The third-order valence-corrected chi connectivity index (χ3v) is 7.83. The number of carbonyl (C=O) groups excluding carboxylic acids is 4. The fourth-order valence-corrected chi connectivity index (χ4v) is 5.54. The first-order chi connectivity index (χ1) is 19.6. The van der Waals surface area contributed by atoms with Gasteiger partial charge in [-0.25, -0.2) is 5.01 Å². The zero-order valence-electron chi connectivity index (χ0n) is 22.1. The molecular formula is C30H26ClN3O7. The lowest BCUT2D eigenvalue weighted by Crippen LogP contribution is -2.52. The van der Waals surface area contributed by atoms with E-state index in [4.69, 9.17) is 16.3 Å². The van der Waals surface area contributed by atoms with Crippen LogP contribution in [0.4, 0.5) is 5.69 Å². The van der Waals surface area contributed by atoms with Crippen molar-refractivity contribution in [1.82, 2.24) is 10.0 Å². The lowest BCUT2D eigenvalue weighted by molar-refractivity contribution is -0.384. The van der Waals surface area contributed by atoms with Crippen LogP contribution in [0.2, 0.25) is 5.02 Å². The molecule has 0 bridgehead atoms. The second kappa shape index (κ2) is 11.5. The Hall–Kier alpha value is -4.57. The highest BCUT2D eigenvalue weighted by molar-refractivity contribution is 6.34. The van der Waals surface area contributed by atoms with Crippen LogP contribution in [-0.4, -0.2) is 45.0 Å². The smallest absolute Gasteiger partial charge is 0.274 e. The summed E-state index contributed by atoms with van der Waals surface area (Å²) >= 11 is 6.28. The van der Waals surface area contributed by atoms with Gasteiger partial charge >= 0.3 is 0 Å². The van der Waals surface area contributed by atoms with Gasteiger partial charge in [0.2, 0.25) is 0 Å². The van der Waals surface area contributed by atoms with Gasteiger partial charge < -0.3 is 4.74 Å². The number of hydrazine groups is 1. The minimum atomic E-state index is -0.726. The van der Waals surface area contributed by atoms with Crippen LogP contribution in [0.3, 0.4) is 0 Å². The number of rotatable bonds is 8. The molecule has 10 nitrogen and oxygen atoms in total. The monoisotopic (exact) mass is 575 g/mol. The van der Waals surface area contributed by atoms with E-state index in [1.165, 1.54) is 60.7 Å². The van der Waals surface area contributed by atoms with Crippen molar-refractivity contribution in [3.8, 4) is 11.5 Å². The van der Waals surface area contributed by atoms with E-state index in [9.17, 15) is 29.3 Å². The molecule has 0 N–H and O–H groups in total. The van der Waals surface area contributed by atoms with Gasteiger partial charge in [-0.2, -0.15) is 5.01 Å². The first kappa shape index (κ1) is 28.0. The van der Waals surface area contributed by atoms with E-state index < -0.39 is 46.8 Å². The van der Waals surface area contributed by atoms with Gasteiger partial charge in [0.05, 0.1) is 27.3 Å². The molecule has 0 aromatic heterocycles. The van der Waals surface area contributed by atoms with Gasteiger partial charge in [0.15, 0.2) is 5.78 Å². The number of fused-ring (bicyclic) bond motifs is 1. The maximum Gasteiger partial charge on any atom is 0.274 e. The Labute approximate surface area is 240 Å². The number of Topliss-reactive ketones (excluding diaryl/α,β-unsaturated/α-hetero) is 1. The summed E-state index contributed by atoms with van der Waals surface area (Å²) in [5.41, 5.74) is 0.221. The van der Waals surface area contributed by atoms with E-state index >= 15 is 0 Å². The Bertz CT molecular complexity index is 1520. The minimum absolute atomic E-state index is 0.0673. The zero-order valence-corrected chi connectivity index (χ0v) is 22.8. The molecule has 0 radical (unpaired) electrons. The third-order valence-electron chi connectivity index (χ3n) is 7.50. The molecule has 5 rings (SSSR count). The van der Waals surface area contributed by atoms with Crippen LogP contribution in [0.25, 0.3) is 0 Å². The van der Waals surface area contributed by atoms with Crippen LogP contribution >= 0.6 is 11.6 Å². The van der Waals surface area contributed by atoms with Crippen molar-refractivity contribution < 1.29 is 28.8 Å². The molecule has 3 aromatic carbocycles. The number of nitro groups is 1. The average molecular weight is 576 g/mol. The maximum atomic E-state index is 13.7. The fraction of sp³-hybridized carbons (Fsp3) is 0.267. The average Bonchev–Trinajstić information content (AvgIpc) is 3.20. The molecule has 2 aliphatic rings. The Kier molecular flexibility index (Phi) is 7.85. The van der Waals surface area contributed by atoms with Gasteiger partial charge in [-0.05, 0) is 73.7 Å². The number of hydrogen-bond acceptors (Lipinski definition) is 7. The van der Waals surface area contributed by atoms with Gasteiger partial charge in [-0.3, -0.25) is 29.3 Å². The van der Waals surface area contributed by atoms with Gasteiger partial charge in [0.25, 0.3) is 23.4 Å². The van der Waals surface area contributed by atoms with Gasteiger partial charge in [-0.15, -0.1) is 0 Å². The van der Waals surface area contributed by atoms with E-state index in [-0.39, 0.29) is 27.8 Å². The molecule has 3 amide bonds. The number of halogens is 1. The quantitative estimate of drug-likeness (QED) is 0.146. The summed E-state index contributed by atoms with van der Waals surface area (Å²) < 4.78 is 5.70. The van der Waals surface area contributed by atoms with Crippen molar-refractivity contribution in [3.63, 3.8) is 0 Å². The largest absolute Gasteiger partial charge is 0.457 e. The Balaban J connectivity index is 1.38. The first-order valence-corrected chi connectivity index (χ1v) is 13.5. The second-order valence-corrected chi connectivity index (χ2v) is 10.7. The van der Waals surface area contributed by atoms with Crippen molar-refractivity contribution in [2.75, 3.05) is 6.54 Å². The molecule has 3 aromatic rings. The molecule has 1 aliphatic carbocycles. The van der Waals surface area contributed by atoms with Gasteiger partial charge in [0, 0.05) is 17.7 Å². The summed E-state index contributed by atoms with van der Waals surface area (Å²) in [6.07, 6.45) is 1.90.